The second-order valence-corrected chi connectivity index (χ2v) is 7.56. The predicted octanol–water partition coefficient (Wildman–Crippen LogP) is 4.94. The molecule has 0 radical (unpaired) electrons. The van der Waals surface area contributed by atoms with Crippen LogP contribution in [0.15, 0.2) is 60.0 Å². The molecule has 2 aromatic rings. The number of halogens is 2. The van der Waals surface area contributed by atoms with Crippen LogP contribution < -0.4 is 4.31 Å². The van der Waals surface area contributed by atoms with Gasteiger partial charge in [-0.1, -0.05) is 54.4 Å². The van der Waals surface area contributed by atoms with E-state index >= 15 is 0 Å². The van der Waals surface area contributed by atoms with E-state index in [1.807, 2.05) is 19.1 Å². The van der Waals surface area contributed by atoms with E-state index < -0.39 is 10.0 Å². The third-order valence-electron chi connectivity index (χ3n) is 3.40. The average molecular weight is 370 g/mol. The molecule has 0 saturated heterocycles. The molecule has 0 aliphatic rings. The van der Waals surface area contributed by atoms with Gasteiger partial charge in [0.05, 0.1) is 17.3 Å². The first kappa shape index (κ1) is 17.9. The zero-order chi connectivity index (χ0) is 17.0. The fourth-order valence-electron chi connectivity index (χ4n) is 2.29. The maximum absolute atomic E-state index is 13.1. The number of hydrogen-bond donors (Lipinski definition) is 0. The lowest BCUT2D eigenvalue weighted by molar-refractivity contribution is 0.592. The zero-order valence-electron chi connectivity index (χ0n) is 12.7. The highest BCUT2D eigenvalue weighted by Crippen LogP contribution is 2.32. The topological polar surface area (TPSA) is 37.4 Å². The van der Waals surface area contributed by atoms with Crippen molar-refractivity contribution in [2.75, 3.05) is 10.8 Å². The van der Waals surface area contributed by atoms with Crippen molar-refractivity contribution < 1.29 is 8.42 Å². The molecule has 3 nitrogen and oxygen atoms in total. The van der Waals surface area contributed by atoms with Crippen LogP contribution in [0, 0.1) is 0 Å². The van der Waals surface area contributed by atoms with E-state index in [4.69, 9.17) is 23.2 Å². The van der Waals surface area contributed by atoms with Crippen LogP contribution in [0.1, 0.15) is 12.5 Å². The number of aryl methyl sites for hydroxylation is 1. The largest absolute Gasteiger partial charge is 0.266 e. The number of benzene rings is 2. The number of nitrogens with zero attached hydrogens (tertiary/aromatic N) is 1. The molecule has 23 heavy (non-hydrogen) atoms. The van der Waals surface area contributed by atoms with Gasteiger partial charge < -0.3 is 0 Å². The first-order valence-electron chi connectivity index (χ1n) is 7.08. The quantitative estimate of drug-likeness (QED) is 0.676. The summed E-state index contributed by atoms with van der Waals surface area (Å²) in [7, 11) is -3.86. The molecule has 0 aliphatic heterocycles. The molecule has 0 aromatic heterocycles. The third kappa shape index (κ3) is 3.71. The van der Waals surface area contributed by atoms with Gasteiger partial charge >= 0.3 is 0 Å². The molecule has 0 unspecified atom stereocenters. The molecule has 0 heterocycles. The summed E-state index contributed by atoms with van der Waals surface area (Å²) in [5, 5.41) is 0.452. The van der Waals surface area contributed by atoms with E-state index in [1.54, 1.807) is 24.3 Å². The summed E-state index contributed by atoms with van der Waals surface area (Å²) in [6.45, 7) is 5.78. The van der Waals surface area contributed by atoms with E-state index in [1.165, 1.54) is 16.4 Å². The van der Waals surface area contributed by atoms with E-state index in [2.05, 4.69) is 6.58 Å². The molecule has 0 aliphatic carbocycles. The van der Waals surface area contributed by atoms with Gasteiger partial charge in [0.1, 0.15) is 4.90 Å². The Morgan fingerprint density at radius 1 is 1.17 bits per heavy atom. The molecule has 0 saturated carbocycles. The van der Waals surface area contributed by atoms with E-state index in [0.717, 1.165) is 5.56 Å². The minimum atomic E-state index is -3.86. The zero-order valence-corrected chi connectivity index (χ0v) is 15.0. The highest BCUT2D eigenvalue weighted by molar-refractivity contribution is 7.93. The van der Waals surface area contributed by atoms with Gasteiger partial charge in [-0.25, -0.2) is 8.42 Å². The molecule has 0 amide bonds. The first-order valence-corrected chi connectivity index (χ1v) is 9.28. The van der Waals surface area contributed by atoms with Crippen molar-refractivity contribution in [3.05, 3.63) is 70.7 Å². The minimum absolute atomic E-state index is 0.0144. The third-order valence-corrected chi connectivity index (χ3v) is 5.89. The number of anilines is 1. The molecule has 0 spiro atoms. The van der Waals surface area contributed by atoms with Crippen molar-refractivity contribution in [2.45, 2.75) is 18.2 Å². The van der Waals surface area contributed by atoms with Crippen LogP contribution in [0.3, 0.4) is 0 Å². The van der Waals surface area contributed by atoms with Crippen LogP contribution in [0.4, 0.5) is 5.69 Å². The highest BCUT2D eigenvalue weighted by atomic mass is 35.5. The van der Waals surface area contributed by atoms with Crippen molar-refractivity contribution in [1.29, 1.82) is 0 Å². The Kier molecular flexibility index (Phi) is 5.74. The van der Waals surface area contributed by atoms with Crippen molar-refractivity contribution >= 4 is 38.9 Å². The van der Waals surface area contributed by atoms with Gasteiger partial charge in [0, 0.05) is 5.02 Å². The molecule has 0 atom stereocenters. The van der Waals surface area contributed by atoms with E-state index in [9.17, 15) is 8.42 Å². The molecule has 0 fully saturated rings. The molecule has 0 bridgehead atoms. The van der Waals surface area contributed by atoms with Crippen LogP contribution in [-0.4, -0.2) is 15.0 Å². The molecular weight excluding hydrogens is 353 g/mol. The summed E-state index contributed by atoms with van der Waals surface area (Å²) in [4.78, 5) is -0.0144. The van der Waals surface area contributed by atoms with Crippen molar-refractivity contribution in [3.63, 3.8) is 0 Å². The summed E-state index contributed by atoms with van der Waals surface area (Å²) in [5.41, 5.74) is 1.54. The SMILES string of the molecule is C=CCN(c1ccccc1CC)S(=O)(=O)c1cc(Cl)ccc1Cl. The standard InChI is InChI=1S/C17H17Cl2NO2S/c1-3-11-20(16-8-6-5-7-13(16)4-2)23(21,22)17-12-14(18)9-10-15(17)19/h3,5-10,12H,1,4,11H2,2H3. The molecular formula is C17H17Cl2NO2S. The molecule has 2 aromatic carbocycles. The minimum Gasteiger partial charge on any atom is -0.262 e. The summed E-state index contributed by atoms with van der Waals surface area (Å²) >= 11 is 12.0. The second kappa shape index (κ2) is 7.39. The van der Waals surface area contributed by atoms with Crippen molar-refractivity contribution in [2.24, 2.45) is 0 Å². The summed E-state index contributed by atoms with van der Waals surface area (Å²) in [5.74, 6) is 0. The Balaban J connectivity index is 2.65. The summed E-state index contributed by atoms with van der Waals surface area (Å²) in [6.07, 6.45) is 2.26. The van der Waals surface area contributed by atoms with Crippen molar-refractivity contribution in [1.82, 2.24) is 0 Å². The Bertz CT molecular complexity index is 819. The number of para-hydroxylation sites is 1. The first-order chi connectivity index (χ1) is 10.9. The van der Waals surface area contributed by atoms with Crippen LogP contribution in [0.5, 0.6) is 0 Å². The van der Waals surface area contributed by atoms with Gasteiger partial charge in [-0.15, -0.1) is 6.58 Å². The molecule has 122 valence electrons. The lowest BCUT2D eigenvalue weighted by Gasteiger charge is -2.25. The number of hydrogen-bond acceptors (Lipinski definition) is 2. The van der Waals surface area contributed by atoms with Gasteiger partial charge in [0.15, 0.2) is 0 Å². The molecule has 2 rings (SSSR count). The van der Waals surface area contributed by atoms with Crippen LogP contribution in [-0.2, 0) is 16.4 Å². The van der Waals surface area contributed by atoms with E-state index in [0.29, 0.717) is 17.1 Å². The highest BCUT2D eigenvalue weighted by Gasteiger charge is 2.27. The fourth-order valence-corrected chi connectivity index (χ4v) is 4.50. The Morgan fingerprint density at radius 3 is 2.52 bits per heavy atom. The van der Waals surface area contributed by atoms with Crippen LogP contribution >= 0.6 is 23.2 Å². The van der Waals surface area contributed by atoms with Gasteiger partial charge in [-0.3, -0.25) is 4.31 Å². The fraction of sp³-hybridized carbons (Fsp3) is 0.176. The predicted molar refractivity (Wildman–Crippen MR) is 97.0 cm³/mol. The van der Waals surface area contributed by atoms with Gasteiger partial charge in [0.25, 0.3) is 10.0 Å². The van der Waals surface area contributed by atoms with Crippen LogP contribution in [0.25, 0.3) is 0 Å². The second-order valence-electron chi connectivity index (χ2n) is 4.88. The maximum atomic E-state index is 13.1. The van der Waals surface area contributed by atoms with E-state index in [-0.39, 0.29) is 16.5 Å². The van der Waals surface area contributed by atoms with Gasteiger partial charge in [-0.05, 0) is 36.2 Å². The number of rotatable bonds is 6. The Hall–Kier alpha value is -1.49. The van der Waals surface area contributed by atoms with Gasteiger partial charge in [-0.2, -0.15) is 0 Å². The lowest BCUT2D eigenvalue weighted by atomic mass is 10.1. The number of sulfonamides is 1. The van der Waals surface area contributed by atoms with Gasteiger partial charge in [0.2, 0.25) is 0 Å². The summed E-state index contributed by atoms with van der Waals surface area (Å²) in [6, 6.07) is 11.8. The van der Waals surface area contributed by atoms with Crippen molar-refractivity contribution in [3.8, 4) is 0 Å². The average Bonchev–Trinajstić information content (AvgIpc) is 2.54. The maximum Gasteiger partial charge on any atom is 0.266 e. The molecule has 6 heteroatoms. The lowest BCUT2D eigenvalue weighted by Crippen LogP contribution is -2.32. The molecule has 0 N–H and O–H groups in total. The summed E-state index contributed by atoms with van der Waals surface area (Å²) < 4.78 is 27.5. The Labute approximate surface area is 147 Å². The smallest absolute Gasteiger partial charge is 0.262 e. The Morgan fingerprint density at radius 2 is 1.87 bits per heavy atom. The normalized spacial score (nSPS) is 11.3. The monoisotopic (exact) mass is 369 g/mol. The van der Waals surface area contributed by atoms with Crippen LogP contribution in [0.2, 0.25) is 10.0 Å².